The lowest BCUT2D eigenvalue weighted by Crippen LogP contribution is -2.35. The molecule has 0 spiro atoms. The lowest BCUT2D eigenvalue weighted by Gasteiger charge is -2.23. The first-order valence-electron chi connectivity index (χ1n) is 8.54. The van der Waals surface area contributed by atoms with Crippen molar-refractivity contribution in [1.82, 2.24) is 9.78 Å². The maximum Gasteiger partial charge on any atom is 0.249 e. The Balaban J connectivity index is 1.63. The summed E-state index contributed by atoms with van der Waals surface area (Å²) in [7, 11) is 1.56. The summed E-state index contributed by atoms with van der Waals surface area (Å²) < 4.78 is 6.74. The number of aromatic nitrogens is 2. The van der Waals surface area contributed by atoms with E-state index in [1.165, 1.54) is 0 Å². The van der Waals surface area contributed by atoms with Gasteiger partial charge in [-0.3, -0.25) is 9.59 Å². The first-order chi connectivity index (χ1) is 13.1. The van der Waals surface area contributed by atoms with Crippen LogP contribution in [0.25, 0.3) is 11.3 Å². The zero-order valence-corrected chi connectivity index (χ0v) is 14.7. The van der Waals surface area contributed by atoms with E-state index in [9.17, 15) is 9.59 Å². The minimum absolute atomic E-state index is 0.0265. The molecule has 1 aromatic heterocycles. The fraction of sp³-hybridized carbons (Fsp3) is 0.150. The minimum Gasteiger partial charge on any atom is -0.497 e. The normalized spacial score (nSPS) is 15.6. The van der Waals surface area contributed by atoms with Crippen LogP contribution in [-0.2, 0) is 9.59 Å². The molecule has 7 heteroatoms. The molecule has 2 amide bonds. The number of amides is 2. The fourth-order valence-electron chi connectivity index (χ4n) is 3.06. The van der Waals surface area contributed by atoms with Gasteiger partial charge in [0.1, 0.15) is 17.6 Å². The van der Waals surface area contributed by atoms with Gasteiger partial charge in [-0.2, -0.15) is 5.10 Å². The highest BCUT2D eigenvalue weighted by Crippen LogP contribution is 2.30. The predicted octanol–water partition coefficient (Wildman–Crippen LogP) is 3.08. The number of rotatable bonds is 4. The van der Waals surface area contributed by atoms with Crippen molar-refractivity contribution >= 4 is 23.3 Å². The van der Waals surface area contributed by atoms with Gasteiger partial charge >= 0.3 is 0 Å². The van der Waals surface area contributed by atoms with E-state index in [-0.39, 0.29) is 18.2 Å². The fourth-order valence-corrected chi connectivity index (χ4v) is 3.06. The Morgan fingerprint density at radius 3 is 2.78 bits per heavy atom. The van der Waals surface area contributed by atoms with E-state index in [0.29, 0.717) is 22.9 Å². The van der Waals surface area contributed by atoms with E-state index in [2.05, 4.69) is 15.7 Å². The molecule has 0 radical (unpaired) electrons. The van der Waals surface area contributed by atoms with Crippen LogP contribution in [0, 0.1) is 0 Å². The van der Waals surface area contributed by atoms with Crippen LogP contribution in [0.2, 0.25) is 0 Å². The molecule has 0 unspecified atom stereocenters. The van der Waals surface area contributed by atoms with Crippen molar-refractivity contribution in [2.24, 2.45) is 0 Å². The van der Waals surface area contributed by atoms with E-state index < -0.39 is 6.04 Å². The molecule has 7 nitrogen and oxygen atoms in total. The minimum atomic E-state index is -0.725. The van der Waals surface area contributed by atoms with Crippen molar-refractivity contribution in [2.45, 2.75) is 12.5 Å². The van der Waals surface area contributed by atoms with Crippen LogP contribution in [-0.4, -0.2) is 28.7 Å². The average molecular weight is 362 g/mol. The van der Waals surface area contributed by atoms with Crippen molar-refractivity contribution in [1.29, 1.82) is 0 Å². The Labute approximate surface area is 156 Å². The number of nitrogens with one attached hydrogen (secondary N) is 2. The Morgan fingerprint density at radius 1 is 1.19 bits per heavy atom. The Kier molecular flexibility index (Phi) is 4.33. The van der Waals surface area contributed by atoms with Crippen molar-refractivity contribution in [3.8, 4) is 17.0 Å². The summed E-state index contributed by atoms with van der Waals surface area (Å²) in [5.74, 6) is 0.631. The molecule has 27 heavy (non-hydrogen) atoms. The molecule has 2 N–H and O–H groups in total. The summed E-state index contributed by atoms with van der Waals surface area (Å²) in [6, 6.07) is 17.7. The first-order valence-corrected chi connectivity index (χ1v) is 8.54. The summed E-state index contributed by atoms with van der Waals surface area (Å²) in [4.78, 5) is 24.9. The zero-order valence-electron chi connectivity index (χ0n) is 14.7. The van der Waals surface area contributed by atoms with E-state index >= 15 is 0 Å². The maximum atomic E-state index is 12.8. The van der Waals surface area contributed by atoms with Gasteiger partial charge in [-0.05, 0) is 12.1 Å². The second kappa shape index (κ2) is 6.95. The molecule has 0 bridgehead atoms. The van der Waals surface area contributed by atoms with Crippen LogP contribution < -0.4 is 15.4 Å². The van der Waals surface area contributed by atoms with Gasteiger partial charge in [0.2, 0.25) is 11.8 Å². The monoisotopic (exact) mass is 362 g/mol. The van der Waals surface area contributed by atoms with Crippen LogP contribution in [0.15, 0.2) is 60.7 Å². The van der Waals surface area contributed by atoms with Crippen LogP contribution in [0.4, 0.5) is 11.5 Å². The van der Waals surface area contributed by atoms with Crippen LogP contribution >= 0.6 is 0 Å². The van der Waals surface area contributed by atoms with E-state index in [0.717, 1.165) is 5.56 Å². The maximum absolute atomic E-state index is 12.8. The Hall–Kier alpha value is -3.61. The van der Waals surface area contributed by atoms with Gasteiger partial charge in [0.25, 0.3) is 0 Å². The first kappa shape index (κ1) is 16.8. The summed E-state index contributed by atoms with van der Waals surface area (Å²) in [5.41, 5.74) is 2.22. The molecule has 1 atom stereocenters. The molecule has 2 heterocycles. The number of hydrogen-bond acceptors (Lipinski definition) is 4. The molecule has 2 aromatic carbocycles. The quantitative estimate of drug-likeness (QED) is 0.747. The van der Waals surface area contributed by atoms with Gasteiger partial charge in [-0.1, -0.05) is 36.4 Å². The van der Waals surface area contributed by atoms with Crippen LogP contribution in [0.5, 0.6) is 5.75 Å². The number of nitrogens with zero attached hydrogens (tertiary/aromatic N) is 2. The molecule has 0 saturated carbocycles. The molecule has 0 saturated heterocycles. The topological polar surface area (TPSA) is 85.2 Å². The summed E-state index contributed by atoms with van der Waals surface area (Å²) in [6.45, 7) is 0. The smallest absolute Gasteiger partial charge is 0.249 e. The Morgan fingerprint density at radius 2 is 2.00 bits per heavy atom. The van der Waals surface area contributed by atoms with Crippen molar-refractivity contribution in [3.63, 3.8) is 0 Å². The molecule has 3 aromatic rings. The van der Waals surface area contributed by atoms with Gasteiger partial charge in [-0.25, -0.2) is 4.68 Å². The van der Waals surface area contributed by atoms with Gasteiger partial charge in [0, 0.05) is 23.4 Å². The van der Waals surface area contributed by atoms with Crippen LogP contribution in [0.1, 0.15) is 12.5 Å². The number of methoxy groups -OCH3 is 1. The number of carbonyl (C=O) groups excluding carboxylic acids is 2. The van der Waals surface area contributed by atoms with E-state index in [1.54, 1.807) is 42.1 Å². The lowest BCUT2D eigenvalue weighted by molar-refractivity contribution is -0.125. The van der Waals surface area contributed by atoms with E-state index in [1.807, 2.05) is 30.3 Å². The van der Waals surface area contributed by atoms with Crippen molar-refractivity contribution in [2.75, 3.05) is 17.7 Å². The third-order valence-electron chi connectivity index (χ3n) is 4.39. The second-order valence-electron chi connectivity index (χ2n) is 6.21. The second-order valence-corrected chi connectivity index (χ2v) is 6.21. The number of ether oxygens (including phenoxy) is 1. The Bertz CT molecular complexity index is 997. The predicted molar refractivity (Wildman–Crippen MR) is 102 cm³/mol. The highest BCUT2D eigenvalue weighted by atomic mass is 16.5. The number of carbonyl (C=O) groups is 2. The molecule has 4 rings (SSSR count). The summed E-state index contributed by atoms with van der Waals surface area (Å²) in [5, 5.41) is 10.2. The third kappa shape index (κ3) is 3.39. The number of hydrogen-bond donors (Lipinski definition) is 2. The lowest BCUT2D eigenvalue weighted by atomic mass is 10.1. The van der Waals surface area contributed by atoms with Gasteiger partial charge in [0.05, 0.1) is 19.2 Å². The standard InChI is InChI=1S/C20H18N4O3/c1-27-15-9-5-8-14(10-15)21-20(26)17-12-19(25)22-18-11-16(23-24(17)18)13-6-3-2-4-7-13/h2-11,17H,12H2,1H3,(H,21,26)(H,22,25)/t17-/m1/s1. The molecule has 1 aliphatic rings. The molecule has 136 valence electrons. The molecule has 0 fully saturated rings. The molecular weight excluding hydrogens is 344 g/mol. The highest BCUT2D eigenvalue weighted by Gasteiger charge is 2.32. The SMILES string of the molecule is COc1cccc(NC(=O)[C@H]2CC(=O)Nc3cc(-c4ccccc4)nn32)c1. The van der Waals surface area contributed by atoms with Crippen molar-refractivity contribution in [3.05, 3.63) is 60.7 Å². The van der Waals surface area contributed by atoms with Gasteiger partial charge < -0.3 is 15.4 Å². The van der Waals surface area contributed by atoms with Gasteiger partial charge in [-0.15, -0.1) is 0 Å². The molecule has 0 aliphatic carbocycles. The number of fused-ring (bicyclic) bond motifs is 1. The van der Waals surface area contributed by atoms with E-state index in [4.69, 9.17) is 4.74 Å². The summed E-state index contributed by atoms with van der Waals surface area (Å²) >= 11 is 0. The number of anilines is 2. The number of benzene rings is 2. The zero-order chi connectivity index (χ0) is 18.8. The summed E-state index contributed by atoms with van der Waals surface area (Å²) in [6.07, 6.45) is 0.0265. The van der Waals surface area contributed by atoms with Crippen LogP contribution in [0.3, 0.4) is 0 Å². The average Bonchev–Trinajstić information content (AvgIpc) is 3.12. The molecular formula is C20H18N4O3. The van der Waals surface area contributed by atoms with Crippen molar-refractivity contribution < 1.29 is 14.3 Å². The third-order valence-corrected chi connectivity index (χ3v) is 4.39. The van der Waals surface area contributed by atoms with Gasteiger partial charge in [0.15, 0.2) is 0 Å². The highest BCUT2D eigenvalue weighted by molar-refractivity contribution is 6.01. The largest absolute Gasteiger partial charge is 0.497 e. The molecule has 1 aliphatic heterocycles.